The van der Waals surface area contributed by atoms with Gasteiger partial charge in [0.25, 0.3) is 5.91 Å². The summed E-state index contributed by atoms with van der Waals surface area (Å²) < 4.78 is 69.7. The van der Waals surface area contributed by atoms with Crippen molar-refractivity contribution in [3.63, 3.8) is 0 Å². The Morgan fingerprint density at radius 1 is 1.23 bits per heavy atom. The van der Waals surface area contributed by atoms with Crippen LogP contribution in [0, 0.1) is 11.6 Å². The Labute approximate surface area is 172 Å². The van der Waals surface area contributed by atoms with Crippen LogP contribution in [0.3, 0.4) is 0 Å². The summed E-state index contributed by atoms with van der Waals surface area (Å²) >= 11 is 0. The fourth-order valence-electron chi connectivity index (χ4n) is 3.91. The molecule has 0 bridgehead atoms. The Hall–Kier alpha value is -3.02. The van der Waals surface area contributed by atoms with Crippen LogP contribution in [-0.4, -0.2) is 48.0 Å². The number of fused-ring (bicyclic) bond motifs is 2. The first kappa shape index (κ1) is 21.2. The number of rotatable bonds is 2. The van der Waals surface area contributed by atoms with E-state index in [1.54, 1.807) is 6.92 Å². The second-order valence-corrected chi connectivity index (χ2v) is 7.80. The van der Waals surface area contributed by atoms with Crippen molar-refractivity contribution in [2.24, 2.45) is 7.05 Å². The first-order chi connectivity index (χ1) is 14.3. The van der Waals surface area contributed by atoms with E-state index in [0.29, 0.717) is 12.6 Å². The average Bonchev–Trinajstić information content (AvgIpc) is 3.22. The number of carbonyl (C=O) groups is 1. The van der Waals surface area contributed by atoms with E-state index in [9.17, 15) is 31.9 Å². The van der Waals surface area contributed by atoms with Gasteiger partial charge < -0.3 is 14.6 Å². The molecule has 12 heteroatoms. The van der Waals surface area contributed by atoms with Crippen LogP contribution in [-0.2, 0) is 19.2 Å². The van der Waals surface area contributed by atoms with E-state index in [-0.39, 0.29) is 29.7 Å². The summed E-state index contributed by atoms with van der Waals surface area (Å²) in [6, 6.07) is 1.15. The summed E-state index contributed by atoms with van der Waals surface area (Å²) in [7, 11) is 1.46. The maximum atomic E-state index is 13.7. The van der Waals surface area contributed by atoms with Crippen LogP contribution in [0.2, 0.25) is 0 Å². The van der Waals surface area contributed by atoms with Crippen LogP contribution in [0.4, 0.5) is 22.0 Å². The highest BCUT2D eigenvalue weighted by Gasteiger charge is 2.55. The highest BCUT2D eigenvalue weighted by molar-refractivity contribution is 6.05. The molecule has 0 saturated carbocycles. The van der Waals surface area contributed by atoms with Gasteiger partial charge in [0.2, 0.25) is 5.60 Å². The molecule has 1 amide bonds. The van der Waals surface area contributed by atoms with E-state index in [2.05, 4.69) is 10.1 Å². The summed E-state index contributed by atoms with van der Waals surface area (Å²) in [6.07, 6.45) is -3.75. The fourth-order valence-corrected chi connectivity index (χ4v) is 3.91. The third-order valence-corrected chi connectivity index (χ3v) is 5.50. The van der Waals surface area contributed by atoms with E-state index in [4.69, 9.17) is 0 Å². The molecule has 31 heavy (non-hydrogen) atoms. The second kappa shape index (κ2) is 6.74. The normalized spacial score (nSPS) is 18.9. The number of amides is 1. The summed E-state index contributed by atoms with van der Waals surface area (Å²) in [5, 5.41) is 14.2. The third kappa shape index (κ3) is 3.16. The molecule has 1 aliphatic heterocycles. The smallest absolute Gasteiger partial charge is 0.374 e. The lowest BCUT2D eigenvalue weighted by Gasteiger charge is -2.36. The van der Waals surface area contributed by atoms with Gasteiger partial charge in [0.05, 0.1) is 30.0 Å². The lowest BCUT2D eigenvalue weighted by atomic mass is 10.0. The molecule has 0 fully saturated rings. The Morgan fingerprint density at radius 3 is 2.52 bits per heavy atom. The maximum Gasteiger partial charge on any atom is 0.424 e. The fraction of sp³-hybridized carbons (Fsp3) is 0.421. The first-order valence-electron chi connectivity index (χ1n) is 9.29. The lowest BCUT2D eigenvalue weighted by Crippen LogP contribution is -2.46. The quantitative estimate of drug-likeness (QED) is 0.618. The summed E-state index contributed by atoms with van der Waals surface area (Å²) in [5.41, 5.74) is -2.74. The van der Waals surface area contributed by atoms with Gasteiger partial charge >= 0.3 is 6.18 Å². The van der Waals surface area contributed by atoms with Gasteiger partial charge in [0.15, 0.2) is 17.5 Å². The van der Waals surface area contributed by atoms with Crippen molar-refractivity contribution in [3.05, 3.63) is 47.2 Å². The first-order valence-corrected chi connectivity index (χ1v) is 9.29. The summed E-state index contributed by atoms with van der Waals surface area (Å²) in [5.74, 6) is -3.32. The van der Waals surface area contributed by atoms with Crippen molar-refractivity contribution in [2.75, 3.05) is 6.54 Å². The number of hydrogen-bond donors (Lipinski definition) is 1. The van der Waals surface area contributed by atoms with E-state index in [1.165, 1.54) is 27.4 Å². The van der Waals surface area contributed by atoms with E-state index < -0.39 is 41.2 Å². The number of aliphatic hydroxyl groups is 1. The van der Waals surface area contributed by atoms with Gasteiger partial charge in [0, 0.05) is 25.0 Å². The molecule has 1 N–H and O–H groups in total. The Kier molecular flexibility index (Phi) is 4.61. The highest BCUT2D eigenvalue weighted by Crippen LogP contribution is 2.40. The minimum absolute atomic E-state index is 0.0134. The molecule has 1 aromatic carbocycles. The number of imidazole rings is 1. The topological polar surface area (TPSA) is 76.2 Å². The third-order valence-electron chi connectivity index (χ3n) is 5.50. The zero-order chi connectivity index (χ0) is 22.9. The molecular formula is C19H18F5N5O2. The number of aryl methyl sites for hydroxylation is 1. The van der Waals surface area contributed by atoms with Crippen molar-refractivity contribution in [3.8, 4) is 0 Å². The largest absolute Gasteiger partial charge is 0.424 e. The lowest BCUT2D eigenvalue weighted by molar-refractivity contribution is -0.263. The average molecular weight is 443 g/mol. The monoisotopic (exact) mass is 443 g/mol. The molecule has 0 spiro atoms. The van der Waals surface area contributed by atoms with Crippen molar-refractivity contribution in [1.82, 2.24) is 24.2 Å². The molecule has 1 aliphatic rings. The molecule has 4 rings (SSSR count). The van der Waals surface area contributed by atoms with Crippen molar-refractivity contribution in [1.29, 1.82) is 0 Å². The molecule has 7 nitrogen and oxygen atoms in total. The second-order valence-electron chi connectivity index (χ2n) is 7.80. The molecule has 0 saturated heterocycles. The molecule has 0 radical (unpaired) electrons. The van der Waals surface area contributed by atoms with E-state index in [1.807, 2.05) is 0 Å². The molecular weight excluding hydrogens is 425 g/mol. The van der Waals surface area contributed by atoms with Gasteiger partial charge in [-0.25, -0.2) is 13.8 Å². The number of aromatic nitrogens is 4. The Balaban J connectivity index is 1.72. The van der Waals surface area contributed by atoms with Gasteiger partial charge in [-0.1, -0.05) is 0 Å². The molecule has 2 unspecified atom stereocenters. The number of alkyl halides is 3. The number of benzene rings is 1. The predicted molar refractivity (Wildman–Crippen MR) is 97.9 cm³/mol. The summed E-state index contributed by atoms with van der Waals surface area (Å²) in [6.45, 7) is 2.15. The summed E-state index contributed by atoms with van der Waals surface area (Å²) in [4.78, 5) is 18.3. The van der Waals surface area contributed by atoms with Gasteiger partial charge in [-0.2, -0.15) is 18.3 Å². The molecule has 2 atom stereocenters. The molecule has 166 valence electrons. The standard InChI is InChI=1S/C19H18F5N5O2/c1-9-7-28(8-10-6-25-17(29(9)10)18(2,31)19(22,23)24)16(30)15-11-4-12(20)13(21)5-14(11)26-27(15)3/h4-6,9,31H,7-8H2,1-3H3. The van der Waals surface area contributed by atoms with Gasteiger partial charge in [-0.05, 0) is 19.9 Å². The van der Waals surface area contributed by atoms with E-state index >= 15 is 0 Å². The Morgan fingerprint density at radius 2 is 1.87 bits per heavy atom. The van der Waals surface area contributed by atoms with E-state index in [0.717, 1.165) is 12.1 Å². The SMILES string of the molecule is CC1CN(C(=O)c2c3cc(F)c(F)cc3nn2C)Cc2cnc(C(C)(O)C(F)(F)F)n21. The molecule has 3 heterocycles. The van der Waals surface area contributed by atoms with Gasteiger partial charge in [-0.15, -0.1) is 0 Å². The van der Waals surface area contributed by atoms with Crippen molar-refractivity contribution >= 4 is 16.8 Å². The van der Waals surface area contributed by atoms with Crippen LogP contribution >= 0.6 is 0 Å². The van der Waals surface area contributed by atoms with Crippen LogP contribution in [0.1, 0.15) is 41.9 Å². The zero-order valence-electron chi connectivity index (χ0n) is 16.7. The van der Waals surface area contributed by atoms with Crippen LogP contribution < -0.4 is 0 Å². The van der Waals surface area contributed by atoms with Crippen molar-refractivity contribution < 1.29 is 31.9 Å². The number of halogens is 5. The molecule has 2 aromatic heterocycles. The minimum atomic E-state index is -4.94. The van der Waals surface area contributed by atoms with Crippen LogP contribution in [0.5, 0.6) is 0 Å². The van der Waals surface area contributed by atoms with Crippen LogP contribution in [0.15, 0.2) is 18.3 Å². The number of carbonyl (C=O) groups excluding carboxylic acids is 1. The highest BCUT2D eigenvalue weighted by atomic mass is 19.4. The Bertz CT molecular complexity index is 1200. The predicted octanol–water partition coefficient (Wildman–Crippen LogP) is 3.03. The maximum absolute atomic E-state index is 13.7. The molecule has 3 aromatic rings. The molecule has 0 aliphatic carbocycles. The van der Waals surface area contributed by atoms with Gasteiger partial charge in [-0.3, -0.25) is 9.48 Å². The van der Waals surface area contributed by atoms with Gasteiger partial charge in [0.1, 0.15) is 5.69 Å². The zero-order valence-corrected chi connectivity index (χ0v) is 16.7. The number of hydrogen-bond acceptors (Lipinski definition) is 4. The van der Waals surface area contributed by atoms with Crippen molar-refractivity contribution in [2.45, 2.75) is 38.2 Å². The van der Waals surface area contributed by atoms with Crippen LogP contribution in [0.25, 0.3) is 10.9 Å². The number of nitrogens with zero attached hydrogens (tertiary/aromatic N) is 5. The minimum Gasteiger partial charge on any atom is -0.374 e.